The summed E-state index contributed by atoms with van der Waals surface area (Å²) in [5, 5.41) is 2.40. The molecule has 0 fully saturated rings. The number of fused-ring (bicyclic) bond motifs is 1. The summed E-state index contributed by atoms with van der Waals surface area (Å²) in [6, 6.07) is 15.0. The second-order valence-electron chi connectivity index (χ2n) is 6.94. The molecule has 3 nitrogen and oxygen atoms in total. The van der Waals surface area contributed by atoms with Gasteiger partial charge >= 0.3 is 0 Å². The Morgan fingerprint density at radius 1 is 0.846 bits per heavy atom. The molecule has 3 heteroatoms. The second-order valence-corrected chi connectivity index (χ2v) is 6.94. The lowest BCUT2D eigenvalue weighted by Crippen LogP contribution is -2.30. The van der Waals surface area contributed by atoms with Crippen LogP contribution in [0, 0.1) is 20.8 Å². The fourth-order valence-corrected chi connectivity index (χ4v) is 3.51. The van der Waals surface area contributed by atoms with Gasteiger partial charge in [0.2, 0.25) is 5.69 Å². The summed E-state index contributed by atoms with van der Waals surface area (Å²) in [5.41, 5.74) is 7.48. The average molecular weight is 340 g/mol. The summed E-state index contributed by atoms with van der Waals surface area (Å²) in [4.78, 5) is 8.75. The van der Waals surface area contributed by atoms with Crippen LogP contribution in [0.4, 0.5) is 0 Å². The minimum absolute atomic E-state index is 0.756. The first kappa shape index (κ1) is 16.4. The molecule has 26 heavy (non-hydrogen) atoms. The van der Waals surface area contributed by atoms with E-state index >= 15 is 0 Å². The molecule has 2 aromatic heterocycles. The van der Waals surface area contributed by atoms with Gasteiger partial charge in [-0.1, -0.05) is 17.7 Å². The van der Waals surface area contributed by atoms with Gasteiger partial charge in [0.05, 0.1) is 0 Å². The molecule has 2 aromatic carbocycles. The van der Waals surface area contributed by atoms with Gasteiger partial charge in [-0.3, -0.25) is 0 Å². The van der Waals surface area contributed by atoms with E-state index in [0.717, 1.165) is 11.4 Å². The molecular weight excluding hydrogens is 318 g/mol. The Kier molecular flexibility index (Phi) is 4.00. The Morgan fingerprint density at radius 2 is 1.62 bits per heavy atom. The van der Waals surface area contributed by atoms with Gasteiger partial charge in [-0.15, -0.1) is 0 Å². The van der Waals surface area contributed by atoms with Crippen molar-refractivity contribution in [3.8, 4) is 22.6 Å². The normalized spacial score (nSPS) is 11.1. The highest BCUT2D eigenvalue weighted by Gasteiger charge is 2.16. The number of hydrogen-bond acceptors (Lipinski definition) is 2. The third-order valence-corrected chi connectivity index (χ3v) is 5.00. The maximum absolute atomic E-state index is 4.37. The quantitative estimate of drug-likeness (QED) is 0.495. The number of hydrogen-bond donors (Lipinski definition) is 0. The molecular formula is C23H22N3+. The van der Waals surface area contributed by atoms with E-state index in [0.29, 0.717) is 0 Å². The molecule has 0 atom stereocenters. The van der Waals surface area contributed by atoms with E-state index in [9.17, 15) is 0 Å². The maximum Gasteiger partial charge on any atom is 0.213 e. The fourth-order valence-electron chi connectivity index (χ4n) is 3.51. The maximum atomic E-state index is 4.37. The van der Waals surface area contributed by atoms with Crippen molar-refractivity contribution < 1.29 is 4.57 Å². The Bertz CT molecular complexity index is 1120. The van der Waals surface area contributed by atoms with Gasteiger partial charge in [0.15, 0.2) is 12.0 Å². The SMILES string of the molecule is Cc1cc(C)c(C)c(-c2cc3cc(-c4ncccn4)ccc3c[n+]2C)c1. The van der Waals surface area contributed by atoms with E-state index in [2.05, 4.69) is 84.9 Å². The van der Waals surface area contributed by atoms with Crippen LogP contribution >= 0.6 is 0 Å². The first-order valence-electron chi connectivity index (χ1n) is 8.82. The van der Waals surface area contributed by atoms with Crippen LogP contribution < -0.4 is 4.57 Å². The third kappa shape index (κ3) is 2.86. The van der Waals surface area contributed by atoms with Crippen LogP contribution in [0.15, 0.2) is 61.1 Å². The largest absolute Gasteiger partial charge is 0.237 e. The lowest BCUT2D eigenvalue weighted by atomic mass is 9.96. The molecule has 0 radical (unpaired) electrons. The van der Waals surface area contributed by atoms with Crippen molar-refractivity contribution in [2.45, 2.75) is 20.8 Å². The Balaban J connectivity index is 1.93. The first-order chi connectivity index (χ1) is 12.5. The van der Waals surface area contributed by atoms with Crippen LogP contribution in [0.25, 0.3) is 33.4 Å². The van der Waals surface area contributed by atoms with Gasteiger partial charge in [-0.2, -0.15) is 0 Å². The van der Waals surface area contributed by atoms with E-state index in [1.807, 2.05) is 6.07 Å². The Labute approximate surface area is 154 Å². The summed E-state index contributed by atoms with van der Waals surface area (Å²) in [6.07, 6.45) is 5.75. The molecule has 0 aliphatic carbocycles. The molecule has 4 aromatic rings. The zero-order valence-electron chi connectivity index (χ0n) is 15.6. The summed E-state index contributed by atoms with van der Waals surface area (Å²) in [7, 11) is 2.11. The molecule has 0 saturated heterocycles. The van der Waals surface area contributed by atoms with E-state index < -0.39 is 0 Å². The smallest absolute Gasteiger partial charge is 0.213 e. The molecule has 4 rings (SSSR count). The number of pyridine rings is 1. The lowest BCUT2D eigenvalue weighted by Gasteiger charge is -2.10. The van der Waals surface area contributed by atoms with Gasteiger partial charge in [0, 0.05) is 35.0 Å². The average Bonchev–Trinajstić information content (AvgIpc) is 2.64. The summed E-state index contributed by atoms with van der Waals surface area (Å²) in [6.45, 7) is 6.53. The highest BCUT2D eigenvalue weighted by Crippen LogP contribution is 2.28. The number of aryl methyl sites for hydroxylation is 3. The van der Waals surface area contributed by atoms with Crippen LogP contribution in [-0.2, 0) is 7.05 Å². The highest BCUT2D eigenvalue weighted by atomic mass is 14.9. The van der Waals surface area contributed by atoms with Crippen molar-refractivity contribution in [1.82, 2.24) is 9.97 Å². The van der Waals surface area contributed by atoms with Crippen molar-refractivity contribution in [3.63, 3.8) is 0 Å². The van der Waals surface area contributed by atoms with E-state index in [1.54, 1.807) is 12.4 Å². The summed E-state index contributed by atoms with van der Waals surface area (Å²) < 4.78 is 2.21. The zero-order chi connectivity index (χ0) is 18.3. The van der Waals surface area contributed by atoms with Crippen LogP contribution in [0.3, 0.4) is 0 Å². The van der Waals surface area contributed by atoms with Gasteiger partial charge in [-0.05, 0) is 61.5 Å². The van der Waals surface area contributed by atoms with Crippen LogP contribution in [-0.4, -0.2) is 9.97 Å². The zero-order valence-corrected chi connectivity index (χ0v) is 15.6. The monoisotopic (exact) mass is 340 g/mol. The molecule has 0 N–H and O–H groups in total. The molecule has 0 amide bonds. The summed E-state index contributed by atoms with van der Waals surface area (Å²) in [5.74, 6) is 0.756. The minimum atomic E-state index is 0.756. The van der Waals surface area contributed by atoms with Crippen LogP contribution in [0.1, 0.15) is 16.7 Å². The number of rotatable bonds is 2. The van der Waals surface area contributed by atoms with E-state index in [4.69, 9.17) is 0 Å². The van der Waals surface area contributed by atoms with Crippen molar-refractivity contribution in [3.05, 3.63) is 77.7 Å². The van der Waals surface area contributed by atoms with Crippen molar-refractivity contribution >= 4 is 10.8 Å². The fraction of sp³-hybridized carbons (Fsp3) is 0.174. The number of aromatic nitrogens is 3. The number of nitrogens with zero attached hydrogens (tertiary/aromatic N) is 3. The van der Waals surface area contributed by atoms with Gasteiger partial charge in [-0.25, -0.2) is 14.5 Å². The van der Waals surface area contributed by atoms with E-state index in [-0.39, 0.29) is 0 Å². The molecule has 0 aliphatic heterocycles. The molecule has 0 saturated carbocycles. The molecule has 128 valence electrons. The van der Waals surface area contributed by atoms with Crippen molar-refractivity contribution in [2.75, 3.05) is 0 Å². The van der Waals surface area contributed by atoms with Gasteiger partial charge in [0.25, 0.3) is 0 Å². The Morgan fingerprint density at radius 3 is 2.38 bits per heavy atom. The topological polar surface area (TPSA) is 29.7 Å². The van der Waals surface area contributed by atoms with Gasteiger partial charge < -0.3 is 0 Å². The van der Waals surface area contributed by atoms with Crippen LogP contribution in [0.5, 0.6) is 0 Å². The minimum Gasteiger partial charge on any atom is -0.237 e. The third-order valence-electron chi connectivity index (χ3n) is 5.00. The van der Waals surface area contributed by atoms with E-state index in [1.165, 1.54) is 38.7 Å². The summed E-state index contributed by atoms with van der Waals surface area (Å²) >= 11 is 0. The standard InChI is InChI=1S/C23H22N3/c1-15-10-16(2)17(3)21(11-15)22-13-20-12-18(23-24-8-5-9-25-23)6-7-19(20)14-26(22)4/h5-14H,1-4H3/q+1. The molecule has 2 heterocycles. The molecule has 0 spiro atoms. The van der Waals surface area contributed by atoms with Crippen LogP contribution in [0.2, 0.25) is 0 Å². The van der Waals surface area contributed by atoms with Crippen molar-refractivity contribution in [2.24, 2.45) is 7.05 Å². The highest BCUT2D eigenvalue weighted by molar-refractivity contribution is 5.87. The second kappa shape index (κ2) is 6.34. The number of benzene rings is 2. The lowest BCUT2D eigenvalue weighted by molar-refractivity contribution is -0.659. The predicted molar refractivity (Wildman–Crippen MR) is 106 cm³/mol. The molecule has 0 aliphatic rings. The molecule has 0 unspecified atom stereocenters. The van der Waals surface area contributed by atoms with Gasteiger partial charge in [0.1, 0.15) is 7.05 Å². The predicted octanol–water partition coefficient (Wildman–Crippen LogP) is 4.71. The van der Waals surface area contributed by atoms with Crippen molar-refractivity contribution in [1.29, 1.82) is 0 Å². The Hall–Kier alpha value is -3.07. The molecule has 0 bridgehead atoms. The first-order valence-corrected chi connectivity index (χ1v) is 8.82.